The van der Waals surface area contributed by atoms with Gasteiger partial charge in [0.15, 0.2) is 0 Å². The highest BCUT2D eigenvalue weighted by Gasteiger charge is 2.14. The molecule has 0 unspecified atom stereocenters. The quantitative estimate of drug-likeness (QED) is 0.848. The van der Waals surface area contributed by atoms with Crippen molar-refractivity contribution >= 4 is 21.8 Å². The molecule has 0 atom stereocenters. The molecule has 0 saturated carbocycles. The molecule has 0 saturated heterocycles. The van der Waals surface area contributed by atoms with Crippen molar-refractivity contribution in [3.63, 3.8) is 0 Å². The number of amides is 1. The number of hydrogen-bond donors (Lipinski definition) is 1. The summed E-state index contributed by atoms with van der Waals surface area (Å²) in [6, 6.07) is 5.52. The van der Waals surface area contributed by atoms with Gasteiger partial charge in [0, 0.05) is 10.0 Å². The van der Waals surface area contributed by atoms with Crippen LogP contribution in [0.5, 0.6) is 0 Å². The fraction of sp³-hybridized carbons (Fsp3) is 0.417. The van der Waals surface area contributed by atoms with E-state index in [2.05, 4.69) is 21.4 Å². The van der Waals surface area contributed by atoms with Gasteiger partial charge in [-0.1, -0.05) is 15.9 Å². The van der Waals surface area contributed by atoms with Gasteiger partial charge in [-0.15, -0.1) is 0 Å². The molecule has 16 heavy (non-hydrogen) atoms. The minimum atomic E-state index is -0.392. The lowest BCUT2D eigenvalue weighted by molar-refractivity contribution is -0.0589. The summed E-state index contributed by atoms with van der Waals surface area (Å²) in [6.45, 7) is 7.56. The highest BCUT2D eigenvalue weighted by Crippen LogP contribution is 2.15. The zero-order valence-corrected chi connectivity index (χ0v) is 11.5. The molecule has 88 valence electrons. The third-order valence-corrected chi connectivity index (χ3v) is 2.21. The second-order valence-electron chi connectivity index (χ2n) is 4.66. The van der Waals surface area contributed by atoms with E-state index >= 15 is 0 Å². The third-order valence-electron chi connectivity index (χ3n) is 1.75. The highest BCUT2D eigenvalue weighted by molar-refractivity contribution is 9.10. The molecule has 0 heterocycles. The summed E-state index contributed by atoms with van der Waals surface area (Å²) < 4.78 is 0.883. The van der Waals surface area contributed by atoms with Crippen LogP contribution in [-0.4, -0.2) is 11.5 Å². The Morgan fingerprint density at radius 2 is 1.94 bits per heavy atom. The molecule has 1 N–H and O–H groups in total. The molecule has 0 aliphatic rings. The molecular weight excluding hydrogens is 270 g/mol. The Morgan fingerprint density at radius 1 is 1.31 bits per heavy atom. The van der Waals surface area contributed by atoms with Gasteiger partial charge in [0.05, 0.1) is 5.60 Å². The minimum absolute atomic E-state index is 0.237. The Balaban J connectivity index is 2.73. The van der Waals surface area contributed by atoms with Crippen LogP contribution in [0.1, 0.15) is 36.7 Å². The number of benzene rings is 1. The van der Waals surface area contributed by atoms with Crippen LogP contribution in [0.2, 0.25) is 0 Å². The van der Waals surface area contributed by atoms with Gasteiger partial charge in [-0.05, 0) is 51.5 Å². The van der Waals surface area contributed by atoms with Crippen molar-refractivity contribution in [1.29, 1.82) is 0 Å². The van der Waals surface area contributed by atoms with Crippen LogP contribution in [0.15, 0.2) is 22.7 Å². The van der Waals surface area contributed by atoms with Gasteiger partial charge in [-0.2, -0.15) is 0 Å². The first-order valence-electron chi connectivity index (χ1n) is 5.03. The van der Waals surface area contributed by atoms with Gasteiger partial charge in [0.2, 0.25) is 0 Å². The van der Waals surface area contributed by atoms with Gasteiger partial charge in [-0.25, -0.2) is 5.48 Å². The molecule has 1 rings (SSSR count). The average molecular weight is 286 g/mol. The van der Waals surface area contributed by atoms with Gasteiger partial charge in [0.1, 0.15) is 0 Å². The fourth-order valence-electron chi connectivity index (χ4n) is 1.13. The third kappa shape index (κ3) is 4.33. The largest absolute Gasteiger partial charge is 0.274 e. The molecule has 0 radical (unpaired) electrons. The van der Waals surface area contributed by atoms with Crippen molar-refractivity contribution in [1.82, 2.24) is 5.48 Å². The Labute approximate surface area is 104 Å². The standard InChI is InChI=1S/C12H16BrNO2/c1-8-5-9(7-10(13)6-8)11(15)14-16-12(2,3)4/h5-7H,1-4H3,(H,14,15). The first-order chi connectivity index (χ1) is 7.28. The summed E-state index contributed by atoms with van der Waals surface area (Å²) in [5.74, 6) is -0.237. The smallest absolute Gasteiger partial charge is 0.268 e. The van der Waals surface area contributed by atoms with Gasteiger partial charge < -0.3 is 0 Å². The van der Waals surface area contributed by atoms with Crippen LogP contribution in [0.25, 0.3) is 0 Å². The number of halogens is 1. The minimum Gasteiger partial charge on any atom is -0.268 e. The zero-order valence-electron chi connectivity index (χ0n) is 9.93. The van der Waals surface area contributed by atoms with E-state index in [1.54, 1.807) is 6.07 Å². The molecule has 0 aromatic heterocycles. The molecule has 3 nitrogen and oxygen atoms in total. The average Bonchev–Trinajstić information content (AvgIpc) is 2.11. The maximum atomic E-state index is 11.7. The SMILES string of the molecule is Cc1cc(Br)cc(C(=O)NOC(C)(C)C)c1. The topological polar surface area (TPSA) is 38.3 Å². The molecule has 0 bridgehead atoms. The normalized spacial score (nSPS) is 11.3. The highest BCUT2D eigenvalue weighted by atomic mass is 79.9. The number of carbonyl (C=O) groups is 1. The molecule has 0 spiro atoms. The molecule has 0 fully saturated rings. The number of hydrogen-bond acceptors (Lipinski definition) is 2. The number of carbonyl (C=O) groups excluding carboxylic acids is 1. The van der Waals surface area contributed by atoms with E-state index in [9.17, 15) is 4.79 Å². The van der Waals surface area contributed by atoms with Crippen LogP contribution < -0.4 is 5.48 Å². The molecule has 1 aromatic rings. The molecule has 1 aromatic carbocycles. The fourth-order valence-corrected chi connectivity index (χ4v) is 1.73. The Hall–Kier alpha value is -0.870. The van der Waals surface area contributed by atoms with Crippen molar-refractivity contribution < 1.29 is 9.63 Å². The maximum absolute atomic E-state index is 11.7. The number of nitrogens with one attached hydrogen (secondary N) is 1. The summed E-state index contributed by atoms with van der Waals surface area (Å²) in [6.07, 6.45) is 0. The molecule has 1 amide bonds. The Morgan fingerprint density at radius 3 is 2.44 bits per heavy atom. The predicted molar refractivity (Wildman–Crippen MR) is 67.2 cm³/mol. The van der Waals surface area contributed by atoms with E-state index in [0.29, 0.717) is 5.56 Å². The summed E-state index contributed by atoms with van der Waals surface area (Å²) in [7, 11) is 0. The first kappa shape index (κ1) is 13.2. The van der Waals surface area contributed by atoms with E-state index in [1.165, 1.54) is 0 Å². The summed E-state index contributed by atoms with van der Waals surface area (Å²) in [5.41, 5.74) is 3.64. The van der Waals surface area contributed by atoms with E-state index in [4.69, 9.17) is 4.84 Å². The van der Waals surface area contributed by atoms with Gasteiger partial charge >= 0.3 is 0 Å². The molecular formula is C12H16BrNO2. The lowest BCUT2D eigenvalue weighted by atomic mass is 10.1. The lowest BCUT2D eigenvalue weighted by Gasteiger charge is -2.19. The molecule has 0 aliphatic carbocycles. The number of rotatable bonds is 2. The maximum Gasteiger partial charge on any atom is 0.274 e. The van der Waals surface area contributed by atoms with Crippen LogP contribution in [-0.2, 0) is 4.84 Å². The van der Waals surface area contributed by atoms with Gasteiger partial charge in [-0.3, -0.25) is 9.63 Å². The zero-order chi connectivity index (χ0) is 12.3. The van der Waals surface area contributed by atoms with E-state index in [-0.39, 0.29) is 5.91 Å². The van der Waals surface area contributed by atoms with Crippen LogP contribution in [0, 0.1) is 6.92 Å². The van der Waals surface area contributed by atoms with Crippen LogP contribution in [0.4, 0.5) is 0 Å². The summed E-state index contributed by atoms with van der Waals surface area (Å²) >= 11 is 3.35. The van der Waals surface area contributed by atoms with Crippen molar-refractivity contribution in [3.8, 4) is 0 Å². The first-order valence-corrected chi connectivity index (χ1v) is 5.83. The summed E-state index contributed by atoms with van der Waals surface area (Å²) in [5, 5.41) is 0. The van der Waals surface area contributed by atoms with Crippen molar-refractivity contribution in [2.24, 2.45) is 0 Å². The van der Waals surface area contributed by atoms with Crippen LogP contribution >= 0.6 is 15.9 Å². The second kappa shape index (κ2) is 4.97. The summed E-state index contributed by atoms with van der Waals surface area (Å²) in [4.78, 5) is 16.9. The lowest BCUT2D eigenvalue weighted by Crippen LogP contribution is -2.33. The van der Waals surface area contributed by atoms with E-state index in [1.807, 2.05) is 39.8 Å². The Bertz CT molecular complexity index is 376. The molecule has 0 aliphatic heterocycles. The van der Waals surface area contributed by atoms with Gasteiger partial charge in [0.25, 0.3) is 5.91 Å². The number of hydroxylamine groups is 1. The van der Waals surface area contributed by atoms with E-state index in [0.717, 1.165) is 10.0 Å². The predicted octanol–water partition coefficient (Wildman–Crippen LogP) is 3.22. The van der Waals surface area contributed by atoms with Crippen LogP contribution in [0.3, 0.4) is 0 Å². The van der Waals surface area contributed by atoms with E-state index < -0.39 is 5.60 Å². The monoisotopic (exact) mass is 285 g/mol. The van der Waals surface area contributed by atoms with Crippen molar-refractivity contribution in [3.05, 3.63) is 33.8 Å². The number of aryl methyl sites for hydroxylation is 1. The second-order valence-corrected chi connectivity index (χ2v) is 5.58. The van der Waals surface area contributed by atoms with Crippen molar-refractivity contribution in [2.75, 3.05) is 0 Å². The van der Waals surface area contributed by atoms with Crippen molar-refractivity contribution in [2.45, 2.75) is 33.3 Å². The Kier molecular flexibility index (Phi) is 4.10. The molecule has 4 heteroatoms.